The summed E-state index contributed by atoms with van der Waals surface area (Å²) >= 11 is 0. The molecule has 6 aromatic rings. The van der Waals surface area contributed by atoms with Crippen LogP contribution in [0.25, 0.3) is 49.7 Å². The van der Waals surface area contributed by atoms with Crippen LogP contribution in [0.15, 0.2) is 109 Å². The molecule has 0 atom stereocenters. The molecular weight excluding hydrogens is 352 g/mol. The average Bonchev–Trinajstić information content (AvgIpc) is 3.18. The summed E-state index contributed by atoms with van der Waals surface area (Å²) in [6.07, 6.45) is 2.09. The third kappa shape index (κ3) is 2.61. The summed E-state index contributed by atoms with van der Waals surface area (Å²) in [5.41, 5.74) is 5.40. The van der Waals surface area contributed by atoms with Crippen LogP contribution < -0.4 is 0 Å². The number of pyridine rings is 1. The van der Waals surface area contributed by atoms with Gasteiger partial charge < -0.3 is 0 Å². The minimum Gasteiger partial charge on any atom is -0.299 e. The lowest BCUT2D eigenvalue weighted by molar-refractivity contribution is 1.19. The van der Waals surface area contributed by atoms with Crippen LogP contribution in [0.2, 0.25) is 0 Å². The molecule has 2 aromatic heterocycles. The van der Waals surface area contributed by atoms with Crippen LogP contribution in [0.1, 0.15) is 0 Å². The number of aromatic nitrogens is 2. The summed E-state index contributed by atoms with van der Waals surface area (Å²) in [4.78, 5) is 5.01. The van der Waals surface area contributed by atoms with Crippen LogP contribution in [0.3, 0.4) is 0 Å². The van der Waals surface area contributed by atoms with Gasteiger partial charge in [0.25, 0.3) is 0 Å². The minimum absolute atomic E-state index is 0.957. The highest BCUT2D eigenvalue weighted by Gasteiger charge is 2.16. The Bertz CT molecular complexity index is 1510. The van der Waals surface area contributed by atoms with Gasteiger partial charge in [-0.25, -0.2) is 4.98 Å². The normalized spacial score (nSPS) is 11.4. The topological polar surface area (TPSA) is 17.3 Å². The van der Waals surface area contributed by atoms with Gasteiger partial charge in [0.05, 0.1) is 11.4 Å². The highest BCUT2D eigenvalue weighted by molar-refractivity contribution is 5.93. The van der Waals surface area contributed by atoms with Crippen molar-refractivity contribution >= 4 is 27.2 Å². The van der Waals surface area contributed by atoms with E-state index < -0.39 is 0 Å². The lowest BCUT2D eigenvalue weighted by Gasteiger charge is -2.08. The molecular formula is C27H18N2. The maximum absolute atomic E-state index is 5.01. The Labute approximate surface area is 168 Å². The number of fused-ring (bicyclic) bond motifs is 3. The molecule has 0 aliphatic heterocycles. The van der Waals surface area contributed by atoms with Gasteiger partial charge in [0.2, 0.25) is 0 Å². The maximum atomic E-state index is 5.01. The molecule has 0 unspecified atom stereocenters. The van der Waals surface area contributed by atoms with Gasteiger partial charge in [0, 0.05) is 17.3 Å². The van der Waals surface area contributed by atoms with E-state index >= 15 is 0 Å². The van der Waals surface area contributed by atoms with Gasteiger partial charge in [-0.15, -0.1) is 0 Å². The van der Waals surface area contributed by atoms with E-state index in [-0.39, 0.29) is 0 Å². The second-order valence-corrected chi connectivity index (χ2v) is 7.36. The molecule has 2 nitrogen and oxygen atoms in total. The number of hydrogen-bond donors (Lipinski definition) is 0. The van der Waals surface area contributed by atoms with Crippen LogP contribution in [0.4, 0.5) is 0 Å². The van der Waals surface area contributed by atoms with E-state index in [2.05, 4.69) is 108 Å². The zero-order chi connectivity index (χ0) is 19.2. The summed E-state index contributed by atoms with van der Waals surface area (Å²) < 4.78 is 2.19. The van der Waals surface area contributed by atoms with Crippen molar-refractivity contribution in [2.24, 2.45) is 0 Å². The summed E-state index contributed by atoms with van der Waals surface area (Å²) in [6, 6.07) is 36.4. The fraction of sp³-hybridized carbons (Fsp3) is 0. The Balaban J connectivity index is 1.65. The number of hydrogen-bond acceptors (Lipinski definition) is 1. The van der Waals surface area contributed by atoms with Gasteiger partial charge in [-0.3, -0.25) is 4.40 Å². The first kappa shape index (κ1) is 16.1. The van der Waals surface area contributed by atoms with Crippen molar-refractivity contribution in [1.82, 2.24) is 9.38 Å². The van der Waals surface area contributed by atoms with Crippen molar-refractivity contribution in [1.29, 1.82) is 0 Å². The maximum Gasteiger partial charge on any atom is 0.137 e. The molecule has 4 aromatic carbocycles. The number of benzene rings is 4. The Morgan fingerprint density at radius 3 is 1.83 bits per heavy atom. The number of nitrogens with zero attached hydrogens (tertiary/aromatic N) is 2. The fourth-order valence-corrected chi connectivity index (χ4v) is 4.15. The van der Waals surface area contributed by atoms with Crippen molar-refractivity contribution in [3.8, 4) is 22.5 Å². The van der Waals surface area contributed by atoms with Crippen molar-refractivity contribution < 1.29 is 0 Å². The van der Waals surface area contributed by atoms with Crippen LogP contribution in [-0.2, 0) is 0 Å². The van der Waals surface area contributed by atoms with Crippen molar-refractivity contribution in [3.63, 3.8) is 0 Å². The highest BCUT2D eigenvalue weighted by Crippen LogP contribution is 2.35. The number of rotatable bonds is 2. The van der Waals surface area contributed by atoms with Crippen molar-refractivity contribution in [2.45, 2.75) is 0 Å². The third-order valence-electron chi connectivity index (χ3n) is 5.58. The summed E-state index contributed by atoms with van der Waals surface area (Å²) in [6.45, 7) is 0. The van der Waals surface area contributed by atoms with Crippen LogP contribution in [-0.4, -0.2) is 9.38 Å². The summed E-state index contributed by atoms with van der Waals surface area (Å²) in [5.74, 6) is 0. The quantitative estimate of drug-likeness (QED) is 0.321. The molecule has 0 spiro atoms. The molecule has 0 saturated carbocycles. The first-order valence-electron chi connectivity index (χ1n) is 9.82. The van der Waals surface area contributed by atoms with E-state index in [1.54, 1.807) is 0 Å². The molecule has 29 heavy (non-hydrogen) atoms. The minimum atomic E-state index is 0.957. The monoisotopic (exact) mass is 370 g/mol. The van der Waals surface area contributed by atoms with Gasteiger partial charge in [-0.2, -0.15) is 0 Å². The second kappa shape index (κ2) is 6.32. The predicted octanol–water partition coefficient (Wildman–Crippen LogP) is 6.97. The molecule has 0 aliphatic rings. The lowest BCUT2D eigenvalue weighted by Crippen LogP contribution is -1.89. The molecule has 2 heteroatoms. The van der Waals surface area contributed by atoms with Crippen molar-refractivity contribution in [3.05, 3.63) is 109 Å². The molecule has 0 N–H and O–H groups in total. The molecule has 0 aliphatic carbocycles. The van der Waals surface area contributed by atoms with Gasteiger partial charge in [-0.1, -0.05) is 78.9 Å². The van der Waals surface area contributed by atoms with E-state index in [4.69, 9.17) is 4.98 Å². The SMILES string of the molecule is c1ccc2cc(-c3nc4ccccn4c3-c3ccc4ccccc4c3)ccc2c1. The molecule has 2 heterocycles. The Kier molecular flexibility index (Phi) is 3.50. The van der Waals surface area contributed by atoms with Crippen LogP contribution in [0.5, 0.6) is 0 Å². The second-order valence-electron chi connectivity index (χ2n) is 7.36. The van der Waals surface area contributed by atoms with Gasteiger partial charge in [0.1, 0.15) is 5.65 Å². The fourth-order valence-electron chi connectivity index (χ4n) is 4.15. The highest BCUT2D eigenvalue weighted by atomic mass is 15.0. The van der Waals surface area contributed by atoms with E-state index in [1.165, 1.54) is 27.1 Å². The first-order chi connectivity index (χ1) is 14.4. The molecule has 0 amide bonds. The van der Waals surface area contributed by atoms with Gasteiger partial charge in [0.15, 0.2) is 0 Å². The number of imidazole rings is 1. The Morgan fingerprint density at radius 1 is 0.517 bits per heavy atom. The Hall–Kier alpha value is -3.91. The zero-order valence-corrected chi connectivity index (χ0v) is 15.8. The average molecular weight is 370 g/mol. The predicted molar refractivity (Wildman–Crippen MR) is 121 cm³/mol. The smallest absolute Gasteiger partial charge is 0.137 e. The van der Waals surface area contributed by atoms with E-state index in [0.717, 1.165) is 22.6 Å². The van der Waals surface area contributed by atoms with E-state index in [1.807, 2.05) is 6.07 Å². The largest absolute Gasteiger partial charge is 0.299 e. The molecule has 136 valence electrons. The van der Waals surface area contributed by atoms with E-state index in [0.29, 0.717) is 0 Å². The molecule has 0 fully saturated rings. The van der Waals surface area contributed by atoms with Gasteiger partial charge in [-0.05, 0) is 45.8 Å². The molecule has 6 rings (SSSR count). The van der Waals surface area contributed by atoms with E-state index in [9.17, 15) is 0 Å². The molecule has 0 saturated heterocycles. The summed E-state index contributed by atoms with van der Waals surface area (Å²) in [5, 5.41) is 4.96. The molecule has 0 bridgehead atoms. The van der Waals surface area contributed by atoms with Crippen LogP contribution in [0, 0.1) is 0 Å². The van der Waals surface area contributed by atoms with Gasteiger partial charge >= 0.3 is 0 Å². The lowest BCUT2D eigenvalue weighted by atomic mass is 9.99. The van der Waals surface area contributed by atoms with Crippen LogP contribution >= 0.6 is 0 Å². The Morgan fingerprint density at radius 2 is 1.10 bits per heavy atom. The van der Waals surface area contributed by atoms with Crippen molar-refractivity contribution in [2.75, 3.05) is 0 Å². The molecule has 0 radical (unpaired) electrons. The zero-order valence-electron chi connectivity index (χ0n) is 15.8. The first-order valence-corrected chi connectivity index (χ1v) is 9.82. The third-order valence-corrected chi connectivity index (χ3v) is 5.58. The standard InChI is InChI=1S/C27H18N2/c1-3-9-21-17-23(14-12-19(21)7-1)26-27(29-16-6-5-11-25(29)28-26)24-15-13-20-8-2-4-10-22(20)18-24/h1-18H. The summed E-state index contributed by atoms with van der Waals surface area (Å²) in [7, 11) is 0.